The van der Waals surface area contributed by atoms with Gasteiger partial charge in [0.1, 0.15) is 0 Å². The lowest BCUT2D eigenvalue weighted by Gasteiger charge is -2.39. The van der Waals surface area contributed by atoms with E-state index in [1.807, 2.05) is 24.3 Å². The normalized spacial score (nSPS) is 15.5. The fourth-order valence-corrected chi connectivity index (χ4v) is 4.48. The number of sulfonamides is 1. The Hall–Kier alpha value is -1.92. The Kier molecular flexibility index (Phi) is 6.50. The molecule has 1 N–H and O–H groups in total. The second-order valence-corrected chi connectivity index (χ2v) is 8.80. The minimum absolute atomic E-state index is 0.213. The number of alkyl halides is 1. The lowest BCUT2D eigenvalue weighted by molar-refractivity contribution is 0.149. The van der Waals surface area contributed by atoms with E-state index in [1.54, 1.807) is 24.3 Å². The fourth-order valence-electron chi connectivity index (χ4n) is 3.42. The molecule has 2 aromatic rings. The lowest BCUT2D eigenvalue weighted by atomic mass is 9.91. The summed E-state index contributed by atoms with van der Waals surface area (Å²) in [5.74, 6) is 0.541. The molecule has 0 amide bonds. The van der Waals surface area contributed by atoms with Crippen LogP contribution in [0.2, 0.25) is 0 Å². The van der Waals surface area contributed by atoms with Crippen LogP contribution in [0, 0.1) is 0 Å². The number of halogens is 1. The van der Waals surface area contributed by atoms with Gasteiger partial charge in [-0.2, -0.15) is 0 Å². The minimum Gasteiger partial charge on any atom is -0.302 e. The summed E-state index contributed by atoms with van der Waals surface area (Å²) in [7, 11) is -3.62. The van der Waals surface area contributed by atoms with Crippen LogP contribution >= 0.6 is 0 Å². The molecule has 1 aliphatic rings. The number of nitrogens with zero attached hydrogens (tertiary/aromatic N) is 1. The predicted octanol–water partition coefficient (Wildman–Crippen LogP) is 4.20. The first-order valence-electron chi connectivity index (χ1n) is 9.52. The molecule has 0 bridgehead atoms. The summed E-state index contributed by atoms with van der Waals surface area (Å²) in [5.41, 5.74) is 2.75. The van der Waals surface area contributed by atoms with Crippen molar-refractivity contribution < 1.29 is 12.8 Å². The second-order valence-electron chi connectivity index (χ2n) is 7.12. The van der Waals surface area contributed by atoms with Gasteiger partial charge in [0, 0.05) is 24.7 Å². The van der Waals surface area contributed by atoms with Crippen molar-refractivity contribution in [1.29, 1.82) is 0 Å². The van der Waals surface area contributed by atoms with E-state index in [2.05, 4.69) is 16.5 Å². The van der Waals surface area contributed by atoms with Crippen LogP contribution in [0.4, 0.5) is 10.1 Å². The zero-order valence-electron chi connectivity index (χ0n) is 15.7. The van der Waals surface area contributed by atoms with Gasteiger partial charge in [0.2, 0.25) is 0 Å². The molecule has 0 aliphatic carbocycles. The second kappa shape index (κ2) is 8.85. The highest BCUT2D eigenvalue weighted by molar-refractivity contribution is 7.92. The summed E-state index contributed by atoms with van der Waals surface area (Å²) >= 11 is 0. The van der Waals surface area contributed by atoms with Crippen molar-refractivity contribution in [2.24, 2.45) is 0 Å². The highest BCUT2D eigenvalue weighted by Crippen LogP contribution is 2.28. The maximum atomic E-state index is 12.6. The fraction of sp³-hybridized carbons (Fsp3) is 0.429. The Balaban J connectivity index is 1.60. The van der Waals surface area contributed by atoms with Crippen molar-refractivity contribution in [3.05, 3.63) is 59.7 Å². The standard InChI is InChI=1S/C21H27FN2O2S/c1-2-14-24-15-19(16-24)18-7-9-20(10-8-18)23-27(25,26)21-11-5-17(6-12-21)4-3-13-22/h5-12,19,23H,2-4,13-16H2,1H3. The van der Waals surface area contributed by atoms with Gasteiger partial charge in [0.05, 0.1) is 11.6 Å². The number of benzene rings is 2. The summed E-state index contributed by atoms with van der Waals surface area (Å²) in [6.07, 6.45) is 2.24. The maximum Gasteiger partial charge on any atom is 0.261 e. The molecule has 0 aromatic heterocycles. The monoisotopic (exact) mass is 390 g/mol. The maximum absolute atomic E-state index is 12.6. The molecule has 2 aromatic carbocycles. The largest absolute Gasteiger partial charge is 0.302 e. The van der Waals surface area contributed by atoms with Gasteiger partial charge in [-0.3, -0.25) is 9.11 Å². The van der Waals surface area contributed by atoms with Gasteiger partial charge in [-0.1, -0.05) is 31.2 Å². The van der Waals surface area contributed by atoms with E-state index in [0.717, 1.165) is 25.2 Å². The topological polar surface area (TPSA) is 49.4 Å². The lowest BCUT2D eigenvalue weighted by Crippen LogP contribution is -2.45. The first kappa shape index (κ1) is 19.8. The first-order chi connectivity index (χ1) is 13.0. The van der Waals surface area contributed by atoms with E-state index < -0.39 is 10.0 Å². The van der Waals surface area contributed by atoms with E-state index in [0.29, 0.717) is 24.4 Å². The molecule has 0 spiro atoms. The first-order valence-corrected chi connectivity index (χ1v) is 11.0. The molecule has 0 saturated carbocycles. The molecule has 4 nitrogen and oxygen atoms in total. The molecule has 0 unspecified atom stereocenters. The third-order valence-electron chi connectivity index (χ3n) is 4.96. The molecule has 0 radical (unpaired) electrons. The number of nitrogens with one attached hydrogen (secondary N) is 1. The zero-order valence-corrected chi connectivity index (χ0v) is 16.5. The van der Waals surface area contributed by atoms with Gasteiger partial charge in [-0.15, -0.1) is 0 Å². The molecule has 1 fully saturated rings. The van der Waals surface area contributed by atoms with Crippen molar-refractivity contribution >= 4 is 15.7 Å². The van der Waals surface area contributed by atoms with Crippen molar-refractivity contribution in [3.63, 3.8) is 0 Å². The Bertz CT molecular complexity index is 829. The van der Waals surface area contributed by atoms with Gasteiger partial charge in [0.25, 0.3) is 10.0 Å². The third-order valence-corrected chi connectivity index (χ3v) is 6.36. The van der Waals surface area contributed by atoms with Gasteiger partial charge in [0.15, 0.2) is 0 Å². The molecule has 1 heterocycles. The van der Waals surface area contributed by atoms with E-state index in [9.17, 15) is 12.8 Å². The average Bonchev–Trinajstić information content (AvgIpc) is 2.63. The molecular weight excluding hydrogens is 363 g/mol. The van der Waals surface area contributed by atoms with Gasteiger partial charge in [-0.05, 0) is 61.2 Å². The minimum atomic E-state index is -3.62. The SMILES string of the molecule is CCCN1CC(c2ccc(NS(=O)(=O)c3ccc(CCCF)cc3)cc2)C1. The number of aryl methyl sites for hydroxylation is 1. The van der Waals surface area contributed by atoms with E-state index in [4.69, 9.17) is 0 Å². The molecule has 1 saturated heterocycles. The number of rotatable bonds is 9. The number of likely N-dealkylation sites (tertiary alicyclic amines) is 1. The summed E-state index contributed by atoms with van der Waals surface area (Å²) in [6.45, 7) is 5.11. The third kappa shape index (κ3) is 5.08. The highest BCUT2D eigenvalue weighted by atomic mass is 32.2. The van der Waals surface area contributed by atoms with E-state index >= 15 is 0 Å². The van der Waals surface area contributed by atoms with Crippen molar-refractivity contribution in [3.8, 4) is 0 Å². The number of anilines is 1. The number of hydrogen-bond acceptors (Lipinski definition) is 3. The highest BCUT2D eigenvalue weighted by Gasteiger charge is 2.27. The van der Waals surface area contributed by atoms with E-state index in [1.165, 1.54) is 12.0 Å². The molecule has 6 heteroatoms. The number of hydrogen-bond donors (Lipinski definition) is 1. The summed E-state index contributed by atoms with van der Waals surface area (Å²) in [5, 5.41) is 0. The van der Waals surface area contributed by atoms with Crippen molar-refractivity contribution in [1.82, 2.24) is 4.90 Å². The molecular formula is C21H27FN2O2S. The van der Waals surface area contributed by atoms with Crippen LogP contribution in [0.3, 0.4) is 0 Å². The van der Waals surface area contributed by atoms with Crippen LogP contribution in [0.15, 0.2) is 53.4 Å². The van der Waals surface area contributed by atoms with Crippen molar-refractivity contribution in [2.75, 3.05) is 31.0 Å². The van der Waals surface area contributed by atoms with Gasteiger partial charge < -0.3 is 4.90 Å². The summed E-state index contributed by atoms with van der Waals surface area (Å²) < 4.78 is 40.0. The van der Waals surface area contributed by atoms with Crippen LogP contribution in [0.5, 0.6) is 0 Å². The van der Waals surface area contributed by atoms with E-state index in [-0.39, 0.29) is 11.6 Å². The smallest absolute Gasteiger partial charge is 0.261 e. The van der Waals surface area contributed by atoms with Crippen LogP contribution < -0.4 is 4.72 Å². The average molecular weight is 391 g/mol. The Morgan fingerprint density at radius 3 is 2.33 bits per heavy atom. The quantitative estimate of drug-likeness (QED) is 0.698. The Labute approximate surface area is 161 Å². The van der Waals surface area contributed by atoms with Crippen LogP contribution in [0.1, 0.15) is 36.8 Å². The predicted molar refractivity (Wildman–Crippen MR) is 107 cm³/mol. The molecule has 146 valence electrons. The molecule has 1 aliphatic heterocycles. The Morgan fingerprint density at radius 2 is 1.74 bits per heavy atom. The molecule has 0 atom stereocenters. The van der Waals surface area contributed by atoms with Crippen LogP contribution in [0.25, 0.3) is 0 Å². The Morgan fingerprint density at radius 1 is 1.07 bits per heavy atom. The molecule has 27 heavy (non-hydrogen) atoms. The van der Waals surface area contributed by atoms with Crippen LogP contribution in [-0.2, 0) is 16.4 Å². The summed E-state index contributed by atoms with van der Waals surface area (Å²) in [4.78, 5) is 2.64. The van der Waals surface area contributed by atoms with Crippen molar-refractivity contribution in [2.45, 2.75) is 37.0 Å². The van der Waals surface area contributed by atoms with Gasteiger partial charge in [-0.25, -0.2) is 8.42 Å². The summed E-state index contributed by atoms with van der Waals surface area (Å²) in [6, 6.07) is 14.3. The van der Waals surface area contributed by atoms with Crippen LogP contribution in [-0.4, -0.2) is 39.6 Å². The van der Waals surface area contributed by atoms with Gasteiger partial charge >= 0.3 is 0 Å². The molecule has 3 rings (SSSR count). The zero-order chi connectivity index (χ0) is 19.3.